The van der Waals surface area contributed by atoms with E-state index in [9.17, 15) is 18.8 Å². The van der Waals surface area contributed by atoms with Crippen molar-refractivity contribution < 1.29 is 18.8 Å². The molecule has 6 nitrogen and oxygen atoms in total. The summed E-state index contributed by atoms with van der Waals surface area (Å²) in [6.07, 6.45) is 2.26. The lowest BCUT2D eigenvalue weighted by atomic mass is 10.0. The predicted octanol–water partition coefficient (Wildman–Crippen LogP) is 3.72. The zero-order valence-corrected chi connectivity index (χ0v) is 17.8. The molecule has 0 bridgehead atoms. The highest BCUT2D eigenvalue weighted by molar-refractivity contribution is 6.35. The van der Waals surface area contributed by atoms with Crippen molar-refractivity contribution in [3.63, 3.8) is 0 Å². The smallest absolute Gasteiger partial charge is 0.272 e. The minimum Gasteiger partial charge on any atom is -0.346 e. The van der Waals surface area contributed by atoms with Crippen LogP contribution < -0.4 is 10.6 Å². The Bertz CT molecular complexity index is 1010. The minimum atomic E-state index is -1.29. The molecule has 0 aliphatic heterocycles. The van der Waals surface area contributed by atoms with Gasteiger partial charge in [0.25, 0.3) is 5.91 Å². The number of carbonyl (C=O) groups excluding carboxylic acids is 3. The number of ketones is 1. The Hall–Kier alpha value is -2.22. The first-order valence-electron chi connectivity index (χ1n) is 8.82. The van der Waals surface area contributed by atoms with E-state index in [1.54, 1.807) is 23.9 Å². The monoisotopic (exact) mass is 439 g/mol. The Kier molecular flexibility index (Phi) is 5.36. The maximum absolute atomic E-state index is 13.5. The van der Waals surface area contributed by atoms with Crippen LogP contribution in [0.3, 0.4) is 0 Å². The summed E-state index contributed by atoms with van der Waals surface area (Å²) in [4.78, 5) is 36.8. The van der Waals surface area contributed by atoms with Crippen LogP contribution in [-0.4, -0.2) is 33.6 Å². The predicted molar refractivity (Wildman–Crippen MR) is 109 cm³/mol. The maximum Gasteiger partial charge on any atom is 0.272 e. The third kappa shape index (κ3) is 3.95. The van der Waals surface area contributed by atoms with Crippen LogP contribution in [0.1, 0.15) is 42.7 Å². The van der Waals surface area contributed by atoms with E-state index in [1.165, 1.54) is 12.1 Å². The number of Topliss-reactive ketones (excluding diaryl/α,β-unsaturated/α-hetero) is 1. The molecule has 1 fully saturated rings. The van der Waals surface area contributed by atoms with E-state index in [-0.39, 0.29) is 27.2 Å². The van der Waals surface area contributed by atoms with Crippen molar-refractivity contribution in [2.24, 2.45) is 7.05 Å². The third-order valence-electron chi connectivity index (χ3n) is 4.64. The summed E-state index contributed by atoms with van der Waals surface area (Å²) in [7, 11) is 1.65. The second kappa shape index (κ2) is 7.23. The minimum absolute atomic E-state index is 0.215. The van der Waals surface area contributed by atoms with Gasteiger partial charge in [-0.25, -0.2) is 4.39 Å². The molecule has 29 heavy (non-hydrogen) atoms. The first-order valence-corrected chi connectivity index (χ1v) is 9.57. The van der Waals surface area contributed by atoms with Crippen LogP contribution in [0.4, 0.5) is 10.1 Å². The average molecular weight is 440 g/mol. The number of aryl methyl sites for hydroxylation is 1. The summed E-state index contributed by atoms with van der Waals surface area (Å²) < 4.78 is 15.1. The first-order chi connectivity index (χ1) is 13.4. The number of benzene rings is 1. The number of anilines is 1. The SMILES string of the molecule is Cn1cc(C2C(=O)C2(C=O)NC(C)(C)C)cc1C(=O)Nc1cc(Cl)c(F)c(Cl)c1. The zero-order valence-electron chi connectivity index (χ0n) is 16.3. The van der Waals surface area contributed by atoms with Crippen molar-refractivity contribution in [3.05, 3.63) is 51.5 Å². The number of nitrogens with zero attached hydrogens (tertiary/aromatic N) is 1. The second-order valence-corrected chi connectivity index (χ2v) is 8.95. The molecule has 1 heterocycles. The molecule has 1 aliphatic carbocycles. The average Bonchev–Trinajstić information content (AvgIpc) is 2.96. The number of amides is 1. The Morgan fingerprint density at radius 2 is 1.83 bits per heavy atom. The standard InChI is InChI=1S/C20H20Cl2FN3O3/c1-19(2,3)25-20(9-27)15(17(20)28)10-5-14(26(4)8-10)18(29)24-11-6-12(21)16(23)13(22)7-11/h5-9,15,25H,1-4H3,(H,24,29). The van der Waals surface area contributed by atoms with Crippen molar-refractivity contribution >= 4 is 46.9 Å². The zero-order chi connectivity index (χ0) is 21.7. The molecular weight excluding hydrogens is 420 g/mol. The number of rotatable bonds is 5. The number of halogens is 3. The first kappa shape index (κ1) is 21.5. The Morgan fingerprint density at radius 1 is 1.24 bits per heavy atom. The number of aromatic nitrogens is 1. The van der Waals surface area contributed by atoms with Gasteiger partial charge < -0.3 is 14.7 Å². The van der Waals surface area contributed by atoms with E-state index < -0.39 is 28.7 Å². The van der Waals surface area contributed by atoms with Crippen LogP contribution in [-0.2, 0) is 16.6 Å². The molecule has 3 rings (SSSR count). The molecule has 9 heteroatoms. The molecule has 1 aromatic heterocycles. The van der Waals surface area contributed by atoms with Crippen LogP contribution in [0.25, 0.3) is 0 Å². The van der Waals surface area contributed by atoms with Crippen molar-refractivity contribution in [2.75, 3.05) is 5.32 Å². The van der Waals surface area contributed by atoms with Gasteiger partial charge in [-0.15, -0.1) is 0 Å². The van der Waals surface area contributed by atoms with Crippen LogP contribution >= 0.6 is 23.2 Å². The van der Waals surface area contributed by atoms with Gasteiger partial charge in [0, 0.05) is 24.5 Å². The lowest BCUT2D eigenvalue weighted by molar-refractivity contribution is -0.117. The van der Waals surface area contributed by atoms with E-state index in [0.29, 0.717) is 11.8 Å². The number of hydrogen-bond donors (Lipinski definition) is 2. The maximum atomic E-state index is 13.5. The van der Waals surface area contributed by atoms with Crippen molar-refractivity contribution in [2.45, 2.75) is 37.8 Å². The Balaban J connectivity index is 1.85. The number of hydrogen-bond acceptors (Lipinski definition) is 4. The quantitative estimate of drug-likeness (QED) is 0.422. The topological polar surface area (TPSA) is 80.2 Å². The molecule has 154 valence electrons. The van der Waals surface area contributed by atoms with E-state index in [4.69, 9.17) is 23.2 Å². The van der Waals surface area contributed by atoms with Crippen LogP contribution in [0.5, 0.6) is 0 Å². The fourth-order valence-electron chi connectivity index (χ4n) is 3.44. The fourth-order valence-corrected chi connectivity index (χ4v) is 3.93. The van der Waals surface area contributed by atoms with Gasteiger partial charge in [-0.05, 0) is 44.5 Å². The van der Waals surface area contributed by atoms with Crippen LogP contribution in [0, 0.1) is 5.82 Å². The summed E-state index contributed by atoms with van der Waals surface area (Å²) in [6.45, 7) is 5.59. The molecule has 1 aromatic carbocycles. The molecule has 2 N–H and O–H groups in total. The van der Waals surface area contributed by atoms with Crippen LogP contribution in [0.2, 0.25) is 10.0 Å². The lowest BCUT2D eigenvalue weighted by Gasteiger charge is -2.24. The molecule has 0 radical (unpaired) electrons. The van der Waals surface area contributed by atoms with Gasteiger partial charge in [-0.1, -0.05) is 23.2 Å². The van der Waals surface area contributed by atoms with Crippen molar-refractivity contribution in [1.82, 2.24) is 9.88 Å². The summed E-state index contributed by atoms with van der Waals surface area (Å²) in [6, 6.07) is 4.05. The highest BCUT2D eigenvalue weighted by Gasteiger charge is 2.67. The van der Waals surface area contributed by atoms with Crippen LogP contribution in [0.15, 0.2) is 24.4 Å². The van der Waals surface area contributed by atoms with E-state index in [2.05, 4.69) is 10.6 Å². The van der Waals surface area contributed by atoms with Gasteiger partial charge in [0.05, 0.1) is 16.0 Å². The number of aldehydes is 1. The van der Waals surface area contributed by atoms with Gasteiger partial charge in [-0.3, -0.25) is 14.9 Å². The normalized spacial score (nSPS) is 21.2. The summed E-state index contributed by atoms with van der Waals surface area (Å²) in [5, 5.41) is 5.25. The summed E-state index contributed by atoms with van der Waals surface area (Å²) in [5.74, 6) is -2.17. The Morgan fingerprint density at radius 3 is 2.34 bits per heavy atom. The fraction of sp³-hybridized carbons (Fsp3) is 0.350. The van der Waals surface area contributed by atoms with Gasteiger partial charge >= 0.3 is 0 Å². The largest absolute Gasteiger partial charge is 0.346 e. The van der Waals surface area contributed by atoms with Gasteiger partial charge in [0.1, 0.15) is 17.5 Å². The molecule has 1 saturated carbocycles. The molecule has 2 atom stereocenters. The van der Waals surface area contributed by atoms with E-state index >= 15 is 0 Å². The van der Waals surface area contributed by atoms with Gasteiger partial charge in [-0.2, -0.15) is 0 Å². The molecule has 2 aromatic rings. The molecule has 1 aliphatic rings. The van der Waals surface area contributed by atoms with Gasteiger partial charge in [0.2, 0.25) is 0 Å². The molecule has 0 saturated heterocycles. The highest BCUT2D eigenvalue weighted by atomic mass is 35.5. The lowest BCUT2D eigenvalue weighted by Crippen LogP contribution is -2.48. The number of carbonyl (C=O) groups is 3. The second-order valence-electron chi connectivity index (χ2n) is 8.14. The van der Waals surface area contributed by atoms with Crippen molar-refractivity contribution in [3.8, 4) is 0 Å². The summed E-state index contributed by atoms with van der Waals surface area (Å²) >= 11 is 11.5. The highest BCUT2D eigenvalue weighted by Crippen LogP contribution is 2.47. The molecule has 2 unspecified atom stereocenters. The number of nitrogens with one attached hydrogen (secondary N) is 2. The summed E-state index contributed by atoms with van der Waals surface area (Å²) in [5.41, 5.74) is -0.686. The molecule has 1 amide bonds. The van der Waals surface area contributed by atoms with E-state index in [0.717, 1.165) is 0 Å². The molecular formula is C20H20Cl2FN3O3. The van der Waals surface area contributed by atoms with Gasteiger partial charge in [0.15, 0.2) is 11.6 Å². The van der Waals surface area contributed by atoms with Crippen molar-refractivity contribution in [1.29, 1.82) is 0 Å². The molecule has 0 spiro atoms. The van der Waals surface area contributed by atoms with E-state index in [1.807, 2.05) is 20.8 Å². The third-order valence-corrected chi connectivity index (χ3v) is 5.19. The Labute approximate surface area is 177 Å².